The van der Waals surface area contributed by atoms with Crippen molar-refractivity contribution in [3.05, 3.63) is 58.6 Å². The molecule has 0 radical (unpaired) electrons. The van der Waals surface area contributed by atoms with Crippen molar-refractivity contribution in [2.75, 3.05) is 39.3 Å². The zero-order chi connectivity index (χ0) is 24.5. The van der Waals surface area contributed by atoms with E-state index in [2.05, 4.69) is 0 Å². The van der Waals surface area contributed by atoms with Crippen LogP contribution in [0.1, 0.15) is 35.2 Å². The zero-order valence-electron chi connectivity index (χ0n) is 19.0. The zero-order valence-corrected chi connectivity index (χ0v) is 21.4. The minimum absolute atomic E-state index is 0.0442. The van der Waals surface area contributed by atoms with Gasteiger partial charge in [-0.25, -0.2) is 16.8 Å². The van der Waals surface area contributed by atoms with Crippen LogP contribution in [0.5, 0.6) is 0 Å². The molecule has 184 valence electrons. The van der Waals surface area contributed by atoms with Gasteiger partial charge in [0, 0.05) is 39.3 Å². The molecule has 1 amide bonds. The number of carbonyl (C=O) groups excluding carboxylic acids is 1. The van der Waals surface area contributed by atoms with Crippen LogP contribution >= 0.6 is 11.6 Å². The quantitative estimate of drug-likeness (QED) is 0.598. The van der Waals surface area contributed by atoms with Crippen LogP contribution in [-0.4, -0.2) is 75.5 Å². The van der Waals surface area contributed by atoms with Crippen molar-refractivity contribution in [1.82, 2.24) is 13.5 Å². The van der Waals surface area contributed by atoms with Gasteiger partial charge in [-0.2, -0.15) is 8.61 Å². The topological polar surface area (TPSA) is 95.1 Å². The maximum Gasteiger partial charge on any atom is 0.255 e. The fourth-order valence-corrected chi connectivity index (χ4v) is 7.41. The molecule has 0 unspecified atom stereocenters. The predicted molar refractivity (Wildman–Crippen MR) is 130 cm³/mol. The average molecular weight is 526 g/mol. The van der Waals surface area contributed by atoms with Gasteiger partial charge in [-0.1, -0.05) is 35.7 Å². The van der Waals surface area contributed by atoms with Crippen molar-refractivity contribution < 1.29 is 21.6 Å². The Morgan fingerprint density at radius 1 is 0.735 bits per heavy atom. The van der Waals surface area contributed by atoms with Gasteiger partial charge in [0.15, 0.2) is 0 Å². The molecular weight excluding hydrogens is 498 g/mol. The smallest absolute Gasteiger partial charge is 0.255 e. The summed E-state index contributed by atoms with van der Waals surface area (Å²) in [6.07, 6.45) is 2.63. The van der Waals surface area contributed by atoms with E-state index in [1.165, 1.54) is 31.7 Å². The number of carbonyl (C=O) groups is 1. The van der Waals surface area contributed by atoms with E-state index in [9.17, 15) is 21.6 Å². The van der Waals surface area contributed by atoms with Gasteiger partial charge in [0.05, 0.1) is 20.4 Å². The maximum absolute atomic E-state index is 13.2. The Morgan fingerprint density at radius 2 is 1.26 bits per heavy atom. The molecule has 2 fully saturated rings. The van der Waals surface area contributed by atoms with Crippen LogP contribution in [0.2, 0.25) is 5.02 Å². The molecule has 0 aromatic heterocycles. The summed E-state index contributed by atoms with van der Waals surface area (Å²) in [7, 11) is -7.37. The Kier molecular flexibility index (Phi) is 7.35. The lowest BCUT2D eigenvalue weighted by atomic mass is 10.2. The number of hydrogen-bond donors (Lipinski definition) is 0. The Bertz CT molecular complexity index is 1270. The van der Waals surface area contributed by atoms with E-state index in [1.807, 2.05) is 6.92 Å². The van der Waals surface area contributed by atoms with E-state index in [4.69, 9.17) is 11.6 Å². The van der Waals surface area contributed by atoms with Gasteiger partial charge in [-0.15, -0.1) is 0 Å². The number of piperazine rings is 1. The van der Waals surface area contributed by atoms with E-state index >= 15 is 0 Å². The normalized spacial score (nSPS) is 18.7. The minimum atomic E-state index is -3.71. The summed E-state index contributed by atoms with van der Waals surface area (Å²) in [6, 6.07) is 10.9. The molecule has 0 bridgehead atoms. The molecule has 2 aliphatic heterocycles. The second-order valence-electron chi connectivity index (χ2n) is 8.62. The van der Waals surface area contributed by atoms with E-state index in [0.29, 0.717) is 13.1 Å². The van der Waals surface area contributed by atoms with Gasteiger partial charge in [0.25, 0.3) is 5.91 Å². The van der Waals surface area contributed by atoms with Crippen LogP contribution in [-0.2, 0) is 20.0 Å². The SMILES string of the molecule is Cc1ccc(S(=O)(=O)N2CCN(C(=O)c3cc(S(=O)(=O)N4CCCCC4)ccc3Cl)CC2)cc1. The number of amides is 1. The van der Waals surface area contributed by atoms with Gasteiger partial charge in [0.2, 0.25) is 20.0 Å². The van der Waals surface area contributed by atoms with Crippen molar-refractivity contribution in [3.8, 4) is 0 Å². The Labute approximate surface area is 206 Å². The molecule has 2 aromatic carbocycles. The number of nitrogens with zero attached hydrogens (tertiary/aromatic N) is 3. The van der Waals surface area contributed by atoms with Gasteiger partial charge < -0.3 is 4.90 Å². The molecule has 11 heteroatoms. The van der Waals surface area contributed by atoms with Crippen LogP contribution < -0.4 is 0 Å². The third-order valence-electron chi connectivity index (χ3n) is 6.31. The van der Waals surface area contributed by atoms with Crippen molar-refractivity contribution in [2.24, 2.45) is 0 Å². The number of rotatable bonds is 5. The highest BCUT2D eigenvalue weighted by molar-refractivity contribution is 7.89. The van der Waals surface area contributed by atoms with Gasteiger partial charge >= 0.3 is 0 Å². The van der Waals surface area contributed by atoms with Crippen LogP contribution in [0.25, 0.3) is 0 Å². The molecular formula is C23H28ClN3O5S2. The summed E-state index contributed by atoms with van der Waals surface area (Å²) >= 11 is 6.28. The van der Waals surface area contributed by atoms with E-state index in [1.54, 1.807) is 24.3 Å². The Morgan fingerprint density at radius 3 is 1.88 bits per heavy atom. The summed E-state index contributed by atoms with van der Waals surface area (Å²) in [5, 5.41) is 0.164. The second-order valence-corrected chi connectivity index (χ2v) is 12.9. The third-order valence-corrected chi connectivity index (χ3v) is 10.4. The fourth-order valence-electron chi connectivity index (χ4n) is 4.24. The summed E-state index contributed by atoms with van der Waals surface area (Å²) in [4.78, 5) is 15.0. The first-order chi connectivity index (χ1) is 16.1. The number of halogens is 1. The molecule has 34 heavy (non-hydrogen) atoms. The molecule has 0 atom stereocenters. The summed E-state index contributed by atoms with van der Waals surface area (Å²) < 4.78 is 54.8. The molecule has 2 heterocycles. The number of hydrogen-bond acceptors (Lipinski definition) is 5. The molecule has 0 N–H and O–H groups in total. The highest BCUT2D eigenvalue weighted by Gasteiger charge is 2.32. The molecule has 0 saturated carbocycles. The van der Waals surface area contributed by atoms with Gasteiger partial charge in [-0.05, 0) is 50.1 Å². The molecule has 2 saturated heterocycles. The van der Waals surface area contributed by atoms with Crippen LogP contribution in [0, 0.1) is 6.92 Å². The summed E-state index contributed by atoms with van der Waals surface area (Å²) in [6.45, 7) is 3.47. The van der Waals surface area contributed by atoms with E-state index in [-0.39, 0.29) is 46.6 Å². The first-order valence-corrected chi connectivity index (χ1v) is 14.5. The molecule has 8 nitrogen and oxygen atoms in total. The lowest BCUT2D eigenvalue weighted by molar-refractivity contribution is 0.0698. The Hall–Kier alpha value is -1.98. The highest BCUT2D eigenvalue weighted by atomic mass is 35.5. The molecule has 0 spiro atoms. The number of aryl methyl sites for hydroxylation is 1. The predicted octanol–water partition coefficient (Wildman–Crippen LogP) is 2.97. The maximum atomic E-state index is 13.2. The number of sulfonamides is 2. The molecule has 2 aromatic rings. The Balaban J connectivity index is 1.49. The van der Waals surface area contributed by atoms with Crippen LogP contribution in [0.3, 0.4) is 0 Å². The second kappa shape index (κ2) is 9.94. The lowest BCUT2D eigenvalue weighted by Crippen LogP contribution is -2.50. The van der Waals surface area contributed by atoms with Crippen molar-refractivity contribution in [1.29, 1.82) is 0 Å². The monoisotopic (exact) mass is 525 g/mol. The van der Waals surface area contributed by atoms with Gasteiger partial charge in [0.1, 0.15) is 0 Å². The van der Waals surface area contributed by atoms with Gasteiger partial charge in [-0.3, -0.25) is 4.79 Å². The van der Waals surface area contributed by atoms with E-state index < -0.39 is 26.0 Å². The first-order valence-electron chi connectivity index (χ1n) is 11.3. The lowest BCUT2D eigenvalue weighted by Gasteiger charge is -2.34. The number of piperidine rings is 1. The summed E-state index contributed by atoms with van der Waals surface area (Å²) in [5.74, 6) is -0.409. The van der Waals surface area contributed by atoms with Crippen molar-refractivity contribution >= 4 is 37.6 Å². The third kappa shape index (κ3) is 5.01. The number of benzene rings is 2. The summed E-state index contributed by atoms with van der Waals surface area (Å²) in [5.41, 5.74) is 1.07. The largest absolute Gasteiger partial charge is 0.336 e. The molecule has 4 rings (SSSR count). The molecule has 0 aliphatic carbocycles. The van der Waals surface area contributed by atoms with Crippen molar-refractivity contribution in [3.63, 3.8) is 0 Å². The van der Waals surface area contributed by atoms with E-state index in [0.717, 1.165) is 24.8 Å². The van der Waals surface area contributed by atoms with Crippen molar-refractivity contribution in [2.45, 2.75) is 36.0 Å². The fraction of sp³-hybridized carbons (Fsp3) is 0.435. The average Bonchev–Trinajstić information content (AvgIpc) is 2.84. The minimum Gasteiger partial charge on any atom is -0.336 e. The first kappa shape index (κ1) is 25.1. The standard InChI is InChI=1S/C23H28ClN3O5S2/c1-18-5-7-19(8-6-18)33(29,30)27-15-13-25(14-16-27)23(28)21-17-20(9-10-22(21)24)34(31,32)26-11-3-2-4-12-26/h5-10,17H,2-4,11-16H2,1H3. The molecule has 2 aliphatic rings. The van der Waals surface area contributed by atoms with Crippen LogP contribution in [0.15, 0.2) is 52.3 Å². The van der Waals surface area contributed by atoms with Crippen LogP contribution in [0.4, 0.5) is 0 Å². The highest BCUT2D eigenvalue weighted by Crippen LogP contribution is 2.27.